The molecule has 1 unspecified atom stereocenters. The molecule has 8 nitrogen and oxygen atoms in total. The zero-order valence-corrected chi connectivity index (χ0v) is 7.34. The number of rotatable bonds is 4. The third-order valence-corrected chi connectivity index (χ3v) is 0.898. The zero-order valence-electron chi connectivity index (χ0n) is 7.34. The topological polar surface area (TPSA) is 170 Å². The Bertz CT molecular complexity index is 218. The van der Waals surface area contributed by atoms with E-state index >= 15 is 0 Å². The number of nitrogens with two attached hydrogens (primary N) is 3. The highest BCUT2D eigenvalue weighted by Crippen LogP contribution is 1.86. The second-order valence-corrected chi connectivity index (χ2v) is 2.19. The first kappa shape index (κ1) is 14.8. The molecule has 0 aromatic rings. The summed E-state index contributed by atoms with van der Waals surface area (Å²) in [5.74, 6) is -2.65. The van der Waals surface area contributed by atoms with E-state index in [4.69, 9.17) is 10.2 Å². The van der Waals surface area contributed by atoms with Gasteiger partial charge in [0.2, 0.25) is 11.8 Å². The van der Waals surface area contributed by atoms with Crippen LogP contribution in [0.3, 0.4) is 0 Å². The molecule has 0 saturated heterocycles. The molecule has 0 spiro atoms. The summed E-state index contributed by atoms with van der Waals surface area (Å²) in [5.41, 5.74) is 13.8. The minimum atomic E-state index is -1.44. The number of primary amides is 2. The fourth-order valence-electron chi connectivity index (χ4n) is 0.291. The van der Waals surface area contributed by atoms with E-state index in [1.807, 2.05) is 0 Å². The molecule has 8 N–H and O–H groups in total. The second kappa shape index (κ2) is 7.95. The monoisotopic (exact) mass is 207 g/mol. The van der Waals surface area contributed by atoms with Gasteiger partial charge in [0.25, 0.3) is 0 Å². The molecule has 8 heteroatoms. The smallest absolute Gasteiger partial charge is 0.317 e. The Morgan fingerprint density at radius 1 is 1.21 bits per heavy atom. The van der Waals surface area contributed by atoms with Gasteiger partial charge in [-0.25, -0.2) is 0 Å². The molecule has 1 atom stereocenters. The molecule has 0 aromatic carbocycles. The molecule has 2 amide bonds. The fourth-order valence-corrected chi connectivity index (χ4v) is 0.291. The van der Waals surface area contributed by atoms with E-state index in [2.05, 4.69) is 17.2 Å². The van der Waals surface area contributed by atoms with Crippen molar-refractivity contribution in [1.82, 2.24) is 0 Å². The number of carboxylic acid groups (broad SMARTS) is 1. The Kier molecular flexibility index (Phi) is 8.43. The quantitative estimate of drug-likeness (QED) is 0.324. The van der Waals surface area contributed by atoms with Gasteiger partial charge in [-0.2, -0.15) is 0 Å². The van der Waals surface area contributed by atoms with E-state index < -0.39 is 30.3 Å². The van der Waals surface area contributed by atoms with Crippen LogP contribution in [0.15, 0.2) is 0 Å². The molecule has 0 saturated carbocycles. The summed E-state index contributed by atoms with van der Waals surface area (Å²) in [7, 11) is 0. The Morgan fingerprint density at radius 3 is 1.64 bits per heavy atom. The van der Waals surface area contributed by atoms with Gasteiger partial charge in [-0.1, -0.05) is 0 Å². The Balaban J connectivity index is 0. The van der Waals surface area contributed by atoms with Gasteiger partial charge in [-0.3, -0.25) is 14.4 Å². The van der Waals surface area contributed by atoms with Crippen LogP contribution in [-0.2, 0) is 14.4 Å². The van der Waals surface area contributed by atoms with Crippen LogP contribution in [0.5, 0.6) is 0 Å². The Labute approximate surface area is 79.7 Å². The highest BCUT2D eigenvalue weighted by Gasteiger charge is 2.12. The minimum absolute atomic E-state index is 0.278. The molecule has 14 heavy (non-hydrogen) atoms. The highest BCUT2D eigenvalue weighted by atomic mass is 16.4. The van der Waals surface area contributed by atoms with Gasteiger partial charge in [0.1, 0.15) is 6.10 Å². The lowest BCUT2D eigenvalue weighted by Gasteiger charge is -2.00. The largest absolute Gasteiger partial charge is 0.480 e. The van der Waals surface area contributed by atoms with Crippen molar-refractivity contribution >= 4 is 17.8 Å². The fraction of sp³-hybridized carbons (Fsp3) is 0.500. The van der Waals surface area contributed by atoms with E-state index in [9.17, 15) is 14.4 Å². The van der Waals surface area contributed by atoms with Gasteiger partial charge in [-0.05, 0) is 0 Å². The SMILES string of the molecule is NC(=O)CC(O)C(N)=O.NCC(=O)O. The van der Waals surface area contributed by atoms with E-state index in [1.54, 1.807) is 0 Å². The molecule has 0 rings (SSSR count). The third-order valence-electron chi connectivity index (χ3n) is 0.898. The molecule has 82 valence electrons. The van der Waals surface area contributed by atoms with Crippen molar-refractivity contribution in [2.24, 2.45) is 17.2 Å². The van der Waals surface area contributed by atoms with E-state index in [0.717, 1.165) is 0 Å². The van der Waals surface area contributed by atoms with Crippen molar-refractivity contribution in [2.75, 3.05) is 6.54 Å². The zero-order chi connectivity index (χ0) is 11.7. The van der Waals surface area contributed by atoms with Crippen LogP contribution in [-0.4, -0.2) is 40.6 Å². The number of aliphatic hydroxyl groups is 1. The van der Waals surface area contributed by atoms with Crippen LogP contribution in [0.25, 0.3) is 0 Å². The van der Waals surface area contributed by atoms with Gasteiger partial charge in [0.05, 0.1) is 13.0 Å². The lowest BCUT2D eigenvalue weighted by Crippen LogP contribution is -2.32. The maximum Gasteiger partial charge on any atom is 0.317 e. The molecular formula is C6H13N3O5. The highest BCUT2D eigenvalue weighted by molar-refractivity contribution is 5.85. The van der Waals surface area contributed by atoms with Gasteiger partial charge in [0.15, 0.2) is 0 Å². The normalized spacial score (nSPS) is 10.7. The van der Waals surface area contributed by atoms with Crippen LogP contribution in [0, 0.1) is 0 Å². The minimum Gasteiger partial charge on any atom is -0.480 e. The van der Waals surface area contributed by atoms with Gasteiger partial charge < -0.3 is 27.4 Å². The first-order chi connectivity index (χ1) is 6.31. The number of amides is 2. The molecule has 0 aliphatic carbocycles. The van der Waals surface area contributed by atoms with Crippen molar-refractivity contribution in [3.63, 3.8) is 0 Å². The molecule has 0 radical (unpaired) electrons. The van der Waals surface area contributed by atoms with Gasteiger partial charge in [-0.15, -0.1) is 0 Å². The molecule has 0 heterocycles. The van der Waals surface area contributed by atoms with E-state index in [0.29, 0.717) is 0 Å². The maximum atomic E-state index is 10.00. The number of hydrogen-bond donors (Lipinski definition) is 5. The summed E-state index contributed by atoms with van der Waals surface area (Å²) < 4.78 is 0. The number of aliphatic carboxylic acids is 1. The van der Waals surface area contributed by atoms with Crippen molar-refractivity contribution in [3.05, 3.63) is 0 Å². The average Bonchev–Trinajstić information content (AvgIpc) is 2.04. The van der Waals surface area contributed by atoms with E-state index in [1.165, 1.54) is 0 Å². The summed E-state index contributed by atoms with van der Waals surface area (Å²) in [4.78, 5) is 29.2. The predicted octanol–water partition coefficient (Wildman–Crippen LogP) is -3.26. The molecule has 0 bridgehead atoms. The average molecular weight is 207 g/mol. The van der Waals surface area contributed by atoms with Crippen molar-refractivity contribution in [1.29, 1.82) is 0 Å². The number of aliphatic hydroxyl groups excluding tert-OH is 1. The maximum absolute atomic E-state index is 10.00. The summed E-state index contributed by atoms with van der Waals surface area (Å²) in [6.45, 7) is -0.278. The Morgan fingerprint density at radius 2 is 1.57 bits per heavy atom. The van der Waals surface area contributed by atoms with Crippen LogP contribution in [0.4, 0.5) is 0 Å². The third kappa shape index (κ3) is 13.0. The van der Waals surface area contributed by atoms with E-state index in [-0.39, 0.29) is 6.54 Å². The number of carboxylic acids is 1. The second-order valence-electron chi connectivity index (χ2n) is 2.19. The number of carbonyl (C=O) groups excluding carboxylic acids is 2. The van der Waals surface area contributed by atoms with Crippen molar-refractivity contribution in [3.8, 4) is 0 Å². The van der Waals surface area contributed by atoms with Crippen LogP contribution >= 0.6 is 0 Å². The lowest BCUT2D eigenvalue weighted by atomic mass is 10.2. The lowest BCUT2D eigenvalue weighted by molar-refractivity contribution is -0.135. The van der Waals surface area contributed by atoms with Gasteiger partial charge >= 0.3 is 5.97 Å². The molecule has 0 aliphatic rings. The number of carbonyl (C=O) groups is 3. The van der Waals surface area contributed by atoms with Crippen molar-refractivity contribution in [2.45, 2.75) is 12.5 Å². The van der Waals surface area contributed by atoms with Crippen LogP contribution in [0.1, 0.15) is 6.42 Å². The summed E-state index contributed by atoms with van der Waals surface area (Å²) in [6, 6.07) is 0. The summed E-state index contributed by atoms with van der Waals surface area (Å²) in [6.07, 6.45) is -1.85. The van der Waals surface area contributed by atoms with Crippen LogP contribution in [0.2, 0.25) is 0 Å². The molecule has 0 aliphatic heterocycles. The first-order valence-electron chi connectivity index (χ1n) is 3.48. The Hall–Kier alpha value is -1.67. The summed E-state index contributed by atoms with van der Waals surface area (Å²) >= 11 is 0. The standard InChI is InChI=1S/C4H8N2O3.C2H5NO2/c5-3(8)1-2(7)4(6)9;3-1-2(4)5/h2,7H,1H2,(H2,5,8)(H2,6,9);1,3H2,(H,4,5). The first-order valence-corrected chi connectivity index (χ1v) is 3.48. The van der Waals surface area contributed by atoms with Crippen molar-refractivity contribution < 1.29 is 24.6 Å². The predicted molar refractivity (Wildman–Crippen MR) is 45.7 cm³/mol. The summed E-state index contributed by atoms with van der Waals surface area (Å²) in [5, 5.41) is 16.1. The molecule has 0 fully saturated rings. The molecule has 0 aromatic heterocycles. The van der Waals surface area contributed by atoms with Crippen LogP contribution < -0.4 is 17.2 Å². The van der Waals surface area contributed by atoms with Gasteiger partial charge in [0, 0.05) is 0 Å². The molecular weight excluding hydrogens is 194 g/mol. The number of hydrogen-bond acceptors (Lipinski definition) is 5.